The molecule has 0 aromatic carbocycles. The number of piperidine rings is 1. The number of pyridine rings is 1. The van der Waals surface area contributed by atoms with Gasteiger partial charge in [-0.2, -0.15) is 0 Å². The third-order valence-corrected chi connectivity index (χ3v) is 5.20. The summed E-state index contributed by atoms with van der Waals surface area (Å²) in [5.74, 6) is 0.704. The standard InChI is InChI=1S/C21H29N3O3/c1-21(2,3)19-15(12-17(27-19)20(22)26)13-24-10-7-14(8-11-24)18(25)16-6-4-5-9-23-16/h4-6,9,12,14,18,25H,7-8,10-11,13H2,1-3H3,(H2,22,26)/t18-/m1/s1. The topological polar surface area (TPSA) is 92.6 Å². The van der Waals surface area contributed by atoms with Crippen molar-refractivity contribution in [3.8, 4) is 0 Å². The van der Waals surface area contributed by atoms with Gasteiger partial charge in [0.05, 0.1) is 11.8 Å². The number of nitrogens with zero attached hydrogens (tertiary/aromatic N) is 2. The molecule has 0 aliphatic carbocycles. The highest BCUT2D eigenvalue weighted by molar-refractivity contribution is 5.90. The Morgan fingerprint density at radius 3 is 2.63 bits per heavy atom. The third-order valence-electron chi connectivity index (χ3n) is 5.20. The molecule has 6 heteroatoms. The zero-order valence-electron chi connectivity index (χ0n) is 16.3. The first-order chi connectivity index (χ1) is 12.8. The Bertz CT molecular complexity index is 772. The SMILES string of the molecule is CC(C)(C)c1oc(C(N)=O)cc1CN1CCC([C@@H](O)c2ccccn2)CC1. The van der Waals surface area contributed by atoms with Crippen molar-refractivity contribution >= 4 is 5.91 Å². The van der Waals surface area contributed by atoms with Gasteiger partial charge in [-0.3, -0.25) is 14.7 Å². The van der Waals surface area contributed by atoms with E-state index in [2.05, 4.69) is 30.7 Å². The van der Waals surface area contributed by atoms with E-state index in [9.17, 15) is 9.90 Å². The lowest BCUT2D eigenvalue weighted by atomic mass is 9.88. The maximum Gasteiger partial charge on any atom is 0.284 e. The predicted molar refractivity (Wildman–Crippen MR) is 103 cm³/mol. The maximum atomic E-state index is 11.5. The van der Waals surface area contributed by atoms with Crippen molar-refractivity contribution in [1.29, 1.82) is 0 Å². The van der Waals surface area contributed by atoms with Gasteiger partial charge < -0.3 is 15.3 Å². The molecule has 0 radical (unpaired) electrons. The van der Waals surface area contributed by atoms with Crippen LogP contribution in [0.15, 0.2) is 34.9 Å². The number of aliphatic hydroxyl groups is 1. The predicted octanol–water partition coefficient (Wildman–Crippen LogP) is 3.02. The van der Waals surface area contributed by atoms with E-state index in [1.807, 2.05) is 18.2 Å². The molecule has 1 amide bonds. The highest BCUT2D eigenvalue weighted by atomic mass is 16.4. The molecular formula is C21H29N3O3. The quantitative estimate of drug-likeness (QED) is 0.843. The molecule has 0 unspecified atom stereocenters. The van der Waals surface area contributed by atoms with Crippen LogP contribution in [0.5, 0.6) is 0 Å². The van der Waals surface area contributed by atoms with Crippen LogP contribution < -0.4 is 5.73 Å². The Morgan fingerprint density at radius 1 is 1.37 bits per heavy atom. The van der Waals surface area contributed by atoms with Gasteiger partial charge in [-0.05, 0) is 50.0 Å². The number of rotatable bonds is 5. The number of aliphatic hydroxyl groups excluding tert-OH is 1. The summed E-state index contributed by atoms with van der Waals surface area (Å²) in [6, 6.07) is 7.42. The van der Waals surface area contributed by atoms with Crippen LogP contribution in [0.3, 0.4) is 0 Å². The number of nitrogens with two attached hydrogens (primary N) is 1. The van der Waals surface area contributed by atoms with Crippen molar-refractivity contribution in [2.24, 2.45) is 11.7 Å². The Balaban J connectivity index is 1.65. The van der Waals surface area contributed by atoms with E-state index in [0.717, 1.165) is 49.5 Å². The minimum Gasteiger partial charge on any atom is -0.455 e. The number of amides is 1. The van der Waals surface area contributed by atoms with Crippen LogP contribution >= 0.6 is 0 Å². The molecule has 3 heterocycles. The van der Waals surface area contributed by atoms with Crippen LogP contribution in [0.4, 0.5) is 0 Å². The number of furan rings is 1. The van der Waals surface area contributed by atoms with Crippen molar-refractivity contribution in [1.82, 2.24) is 9.88 Å². The average molecular weight is 371 g/mol. The second kappa shape index (κ2) is 7.82. The van der Waals surface area contributed by atoms with Gasteiger partial charge in [0.15, 0.2) is 5.76 Å². The minimum absolute atomic E-state index is 0.198. The monoisotopic (exact) mass is 371 g/mol. The fourth-order valence-electron chi connectivity index (χ4n) is 3.76. The molecule has 1 aliphatic rings. The van der Waals surface area contributed by atoms with Crippen LogP contribution in [0.25, 0.3) is 0 Å². The largest absolute Gasteiger partial charge is 0.455 e. The molecule has 3 N–H and O–H groups in total. The van der Waals surface area contributed by atoms with E-state index in [0.29, 0.717) is 0 Å². The molecule has 1 fully saturated rings. The zero-order valence-corrected chi connectivity index (χ0v) is 16.3. The summed E-state index contributed by atoms with van der Waals surface area (Å²) < 4.78 is 5.75. The lowest BCUT2D eigenvalue weighted by Crippen LogP contribution is -2.35. The van der Waals surface area contributed by atoms with Crippen LogP contribution in [-0.2, 0) is 12.0 Å². The molecule has 27 heavy (non-hydrogen) atoms. The van der Waals surface area contributed by atoms with Crippen molar-refractivity contribution in [3.63, 3.8) is 0 Å². The van der Waals surface area contributed by atoms with Gasteiger partial charge >= 0.3 is 0 Å². The van der Waals surface area contributed by atoms with E-state index in [4.69, 9.17) is 10.2 Å². The highest BCUT2D eigenvalue weighted by Gasteiger charge is 2.30. The Hall–Kier alpha value is -2.18. The van der Waals surface area contributed by atoms with E-state index >= 15 is 0 Å². The van der Waals surface area contributed by atoms with Gasteiger partial charge in [-0.25, -0.2) is 0 Å². The van der Waals surface area contributed by atoms with Crippen LogP contribution in [0.1, 0.15) is 67.3 Å². The molecule has 0 saturated carbocycles. The van der Waals surface area contributed by atoms with E-state index < -0.39 is 12.0 Å². The fourth-order valence-corrected chi connectivity index (χ4v) is 3.76. The summed E-state index contributed by atoms with van der Waals surface area (Å²) in [6.07, 6.45) is 3.01. The van der Waals surface area contributed by atoms with Crippen molar-refractivity contribution in [2.45, 2.75) is 51.7 Å². The number of carbonyl (C=O) groups is 1. The van der Waals surface area contributed by atoms with E-state index in [1.165, 1.54) is 0 Å². The Morgan fingerprint density at radius 2 is 2.07 bits per heavy atom. The zero-order chi connectivity index (χ0) is 19.6. The Kier molecular flexibility index (Phi) is 5.67. The highest BCUT2D eigenvalue weighted by Crippen LogP contribution is 2.33. The van der Waals surface area contributed by atoms with Gasteiger partial charge in [0.25, 0.3) is 5.91 Å². The molecule has 146 valence electrons. The van der Waals surface area contributed by atoms with Crippen molar-refractivity contribution < 1.29 is 14.3 Å². The molecule has 1 aliphatic heterocycles. The number of aromatic nitrogens is 1. The molecule has 3 rings (SSSR count). The maximum absolute atomic E-state index is 11.5. The van der Waals surface area contributed by atoms with Crippen molar-refractivity contribution in [2.75, 3.05) is 13.1 Å². The number of likely N-dealkylation sites (tertiary alicyclic amines) is 1. The number of primary amides is 1. The van der Waals surface area contributed by atoms with Gasteiger partial charge in [0.2, 0.25) is 0 Å². The first-order valence-corrected chi connectivity index (χ1v) is 9.50. The van der Waals surface area contributed by atoms with Gasteiger partial charge in [-0.15, -0.1) is 0 Å². The summed E-state index contributed by atoms with van der Waals surface area (Å²) in [4.78, 5) is 18.1. The van der Waals surface area contributed by atoms with Crippen LogP contribution in [0.2, 0.25) is 0 Å². The molecule has 2 aromatic heterocycles. The minimum atomic E-state index is -0.538. The molecule has 2 aromatic rings. The van der Waals surface area contributed by atoms with Crippen LogP contribution in [-0.4, -0.2) is 34.0 Å². The summed E-state index contributed by atoms with van der Waals surface area (Å²) in [5.41, 5.74) is 6.96. The molecule has 0 spiro atoms. The lowest BCUT2D eigenvalue weighted by molar-refractivity contribution is 0.0537. The van der Waals surface area contributed by atoms with Gasteiger partial charge in [0, 0.05) is 23.7 Å². The first-order valence-electron chi connectivity index (χ1n) is 9.50. The smallest absolute Gasteiger partial charge is 0.284 e. The Labute approximate surface area is 160 Å². The molecule has 1 atom stereocenters. The first kappa shape index (κ1) is 19.6. The third kappa shape index (κ3) is 4.57. The molecule has 0 bridgehead atoms. The van der Waals surface area contributed by atoms with Gasteiger partial charge in [-0.1, -0.05) is 26.8 Å². The molecular weight excluding hydrogens is 342 g/mol. The fraction of sp³-hybridized carbons (Fsp3) is 0.524. The molecule has 6 nitrogen and oxygen atoms in total. The molecule has 1 saturated heterocycles. The summed E-state index contributed by atoms with van der Waals surface area (Å²) in [6.45, 7) is 8.68. The number of carbonyl (C=O) groups excluding carboxylic acids is 1. The summed E-state index contributed by atoms with van der Waals surface area (Å²) in [5, 5.41) is 10.6. The van der Waals surface area contributed by atoms with E-state index in [1.54, 1.807) is 12.3 Å². The second-order valence-corrected chi connectivity index (χ2v) is 8.39. The summed E-state index contributed by atoms with van der Waals surface area (Å²) in [7, 11) is 0. The van der Waals surface area contributed by atoms with E-state index in [-0.39, 0.29) is 17.1 Å². The van der Waals surface area contributed by atoms with Gasteiger partial charge in [0.1, 0.15) is 5.76 Å². The number of hydrogen-bond acceptors (Lipinski definition) is 5. The van der Waals surface area contributed by atoms with Crippen molar-refractivity contribution in [3.05, 3.63) is 53.2 Å². The second-order valence-electron chi connectivity index (χ2n) is 8.39. The van der Waals surface area contributed by atoms with Crippen LogP contribution in [0, 0.1) is 5.92 Å². The average Bonchev–Trinajstić information content (AvgIpc) is 3.07. The summed E-state index contributed by atoms with van der Waals surface area (Å²) >= 11 is 0. The normalized spacial score (nSPS) is 17.8. The lowest BCUT2D eigenvalue weighted by Gasteiger charge is -2.34. The number of hydrogen-bond donors (Lipinski definition) is 2.